The molecule has 1 saturated heterocycles. The number of aromatic nitrogens is 1. The smallest absolute Gasteiger partial charge is 0.228 e. The fourth-order valence-corrected chi connectivity index (χ4v) is 4.83. The third-order valence-electron chi connectivity index (χ3n) is 3.26. The summed E-state index contributed by atoms with van der Waals surface area (Å²) in [4.78, 5) is 29.6. The number of hydrogen-bond acceptors (Lipinski definition) is 6. The minimum atomic E-state index is 0.0638. The van der Waals surface area contributed by atoms with Gasteiger partial charge in [-0.15, -0.1) is 11.3 Å². The van der Waals surface area contributed by atoms with Crippen molar-refractivity contribution in [3.8, 4) is 0 Å². The van der Waals surface area contributed by atoms with Crippen LogP contribution >= 0.6 is 34.9 Å². The van der Waals surface area contributed by atoms with Crippen LogP contribution in [0.3, 0.4) is 0 Å². The van der Waals surface area contributed by atoms with E-state index < -0.39 is 0 Å². The SMILES string of the molecule is CSc1nc2ccc(N3CC(SC(C)=O)CC3=O)cc2s1. The van der Waals surface area contributed by atoms with Crippen molar-refractivity contribution in [2.45, 2.75) is 22.9 Å². The second-order valence-electron chi connectivity index (χ2n) is 4.78. The van der Waals surface area contributed by atoms with E-state index >= 15 is 0 Å². The van der Waals surface area contributed by atoms with Crippen LogP contribution in [0.5, 0.6) is 0 Å². The van der Waals surface area contributed by atoms with E-state index in [0.717, 1.165) is 20.2 Å². The Hall–Kier alpha value is -1.05. The molecule has 0 aliphatic carbocycles. The highest BCUT2D eigenvalue weighted by Gasteiger charge is 2.32. The summed E-state index contributed by atoms with van der Waals surface area (Å²) in [6.07, 6.45) is 2.44. The average Bonchev–Trinajstić information content (AvgIpc) is 3.00. The second kappa shape index (κ2) is 5.98. The molecule has 1 atom stereocenters. The third-order valence-corrected chi connectivity index (χ3v) is 6.25. The number of benzene rings is 1. The van der Waals surface area contributed by atoms with Gasteiger partial charge in [0.25, 0.3) is 0 Å². The number of carbonyl (C=O) groups is 2. The summed E-state index contributed by atoms with van der Waals surface area (Å²) in [6.45, 7) is 2.15. The summed E-state index contributed by atoms with van der Waals surface area (Å²) in [6, 6.07) is 5.91. The lowest BCUT2D eigenvalue weighted by Gasteiger charge is -2.16. The molecule has 0 saturated carbocycles. The molecular formula is C14H14N2O2S3. The van der Waals surface area contributed by atoms with Crippen LogP contribution in [0.2, 0.25) is 0 Å². The first-order chi connectivity index (χ1) is 10.1. The third kappa shape index (κ3) is 3.09. The van der Waals surface area contributed by atoms with Crippen molar-refractivity contribution in [1.82, 2.24) is 4.98 Å². The molecule has 110 valence electrons. The summed E-state index contributed by atoms with van der Waals surface area (Å²) in [5.74, 6) is 0.0858. The molecule has 1 amide bonds. The van der Waals surface area contributed by atoms with Gasteiger partial charge in [-0.2, -0.15) is 0 Å². The number of amides is 1. The van der Waals surface area contributed by atoms with Gasteiger partial charge >= 0.3 is 0 Å². The number of anilines is 1. The van der Waals surface area contributed by atoms with Crippen molar-refractivity contribution in [1.29, 1.82) is 0 Å². The molecular weight excluding hydrogens is 324 g/mol. The lowest BCUT2D eigenvalue weighted by Crippen LogP contribution is -2.24. The number of rotatable bonds is 3. The molecule has 0 N–H and O–H groups in total. The molecule has 1 aromatic carbocycles. The monoisotopic (exact) mass is 338 g/mol. The zero-order valence-electron chi connectivity index (χ0n) is 11.7. The van der Waals surface area contributed by atoms with E-state index in [2.05, 4.69) is 4.98 Å². The maximum Gasteiger partial charge on any atom is 0.228 e. The van der Waals surface area contributed by atoms with E-state index in [1.807, 2.05) is 24.5 Å². The van der Waals surface area contributed by atoms with E-state index in [0.29, 0.717) is 13.0 Å². The Labute approximate surface area is 135 Å². The largest absolute Gasteiger partial charge is 0.311 e. The topological polar surface area (TPSA) is 50.3 Å². The quantitative estimate of drug-likeness (QED) is 0.803. The van der Waals surface area contributed by atoms with E-state index in [9.17, 15) is 9.59 Å². The zero-order valence-corrected chi connectivity index (χ0v) is 14.1. The zero-order chi connectivity index (χ0) is 15.0. The highest BCUT2D eigenvalue weighted by Crippen LogP contribution is 2.34. The fraction of sp³-hybridized carbons (Fsp3) is 0.357. The first kappa shape index (κ1) is 14.9. The van der Waals surface area contributed by atoms with Crippen molar-refractivity contribution in [3.63, 3.8) is 0 Å². The lowest BCUT2D eigenvalue weighted by molar-refractivity contribution is -0.117. The number of hydrogen-bond donors (Lipinski definition) is 0. The molecule has 7 heteroatoms. The first-order valence-electron chi connectivity index (χ1n) is 6.49. The summed E-state index contributed by atoms with van der Waals surface area (Å²) in [5, 5.41) is 0.131. The van der Waals surface area contributed by atoms with Gasteiger partial charge in [-0.3, -0.25) is 9.59 Å². The molecule has 1 aliphatic rings. The summed E-state index contributed by atoms with van der Waals surface area (Å²) in [7, 11) is 0. The van der Waals surface area contributed by atoms with Crippen LogP contribution in [-0.2, 0) is 9.59 Å². The van der Waals surface area contributed by atoms with Crippen LogP contribution in [0.25, 0.3) is 10.2 Å². The van der Waals surface area contributed by atoms with Crippen molar-refractivity contribution in [2.75, 3.05) is 17.7 Å². The van der Waals surface area contributed by atoms with Crippen molar-refractivity contribution >= 4 is 61.8 Å². The Balaban J connectivity index is 1.86. The highest BCUT2D eigenvalue weighted by atomic mass is 32.2. The molecule has 1 unspecified atom stereocenters. The fourth-order valence-electron chi connectivity index (χ4n) is 2.39. The van der Waals surface area contributed by atoms with Gasteiger partial charge in [-0.05, 0) is 24.5 Å². The lowest BCUT2D eigenvalue weighted by atomic mass is 10.3. The highest BCUT2D eigenvalue weighted by molar-refractivity contribution is 8.14. The van der Waals surface area contributed by atoms with Gasteiger partial charge in [0.1, 0.15) is 0 Å². The molecule has 2 heterocycles. The average molecular weight is 338 g/mol. The van der Waals surface area contributed by atoms with Crippen molar-refractivity contribution in [2.24, 2.45) is 0 Å². The number of fused-ring (bicyclic) bond motifs is 1. The first-order valence-corrected chi connectivity index (χ1v) is 9.41. The Bertz CT molecular complexity index is 713. The van der Waals surface area contributed by atoms with Crippen molar-refractivity contribution in [3.05, 3.63) is 18.2 Å². The number of thiazole rings is 1. The molecule has 3 rings (SSSR count). The summed E-state index contributed by atoms with van der Waals surface area (Å²) in [5.41, 5.74) is 1.87. The van der Waals surface area contributed by atoms with Crippen LogP contribution in [0, 0.1) is 0 Å². The molecule has 0 spiro atoms. The molecule has 1 aliphatic heterocycles. The van der Waals surface area contributed by atoms with Crippen LogP contribution in [0.15, 0.2) is 22.5 Å². The van der Waals surface area contributed by atoms with Crippen LogP contribution in [0.1, 0.15) is 13.3 Å². The Morgan fingerprint density at radius 1 is 1.48 bits per heavy atom. The van der Waals surface area contributed by atoms with E-state index in [1.165, 1.54) is 11.8 Å². The molecule has 0 radical (unpaired) electrons. The standard InChI is InChI=1S/C14H14N2O2S3/c1-8(17)20-10-6-13(18)16(7-10)9-3-4-11-12(5-9)21-14(15-11)19-2/h3-5,10H,6-7H2,1-2H3. The molecule has 4 nitrogen and oxygen atoms in total. The van der Waals surface area contributed by atoms with E-state index in [4.69, 9.17) is 0 Å². The van der Waals surface area contributed by atoms with Crippen LogP contribution < -0.4 is 4.90 Å². The van der Waals surface area contributed by atoms with Gasteiger partial charge in [-0.1, -0.05) is 23.5 Å². The Kier molecular flexibility index (Phi) is 4.24. The van der Waals surface area contributed by atoms with E-state index in [1.54, 1.807) is 34.9 Å². The minimum Gasteiger partial charge on any atom is -0.311 e. The van der Waals surface area contributed by atoms with Crippen molar-refractivity contribution < 1.29 is 9.59 Å². The van der Waals surface area contributed by atoms with Gasteiger partial charge in [-0.25, -0.2) is 4.98 Å². The molecule has 2 aromatic rings. The second-order valence-corrected chi connectivity index (χ2v) is 8.34. The Morgan fingerprint density at radius 3 is 3.00 bits per heavy atom. The van der Waals surface area contributed by atoms with E-state index in [-0.39, 0.29) is 16.3 Å². The number of thioether (sulfide) groups is 2. The molecule has 1 aromatic heterocycles. The van der Waals surface area contributed by atoms with Gasteiger partial charge in [0.15, 0.2) is 9.45 Å². The Morgan fingerprint density at radius 2 is 2.29 bits per heavy atom. The van der Waals surface area contributed by atoms with Gasteiger partial charge in [0, 0.05) is 30.8 Å². The maximum absolute atomic E-state index is 12.1. The normalized spacial score (nSPS) is 18.7. The summed E-state index contributed by atoms with van der Waals surface area (Å²) >= 11 is 4.53. The minimum absolute atomic E-state index is 0.0638. The predicted molar refractivity (Wildman–Crippen MR) is 90.4 cm³/mol. The molecule has 1 fully saturated rings. The molecule has 0 bridgehead atoms. The van der Waals surface area contributed by atoms with Gasteiger partial charge in [0.05, 0.1) is 10.2 Å². The van der Waals surface area contributed by atoms with Crippen LogP contribution in [0.4, 0.5) is 5.69 Å². The maximum atomic E-state index is 12.1. The number of nitrogens with zero attached hydrogens (tertiary/aromatic N) is 2. The van der Waals surface area contributed by atoms with Gasteiger partial charge < -0.3 is 4.90 Å². The summed E-state index contributed by atoms with van der Waals surface area (Å²) < 4.78 is 2.12. The van der Waals surface area contributed by atoms with Crippen LogP contribution in [-0.4, -0.2) is 34.1 Å². The molecule has 21 heavy (non-hydrogen) atoms. The number of carbonyl (C=O) groups excluding carboxylic acids is 2. The predicted octanol–water partition coefficient (Wildman–Crippen LogP) is 3.40. The van der Waals surface area contributed by atoms with Gasteiger partial charge in [0.2, 0.25) is 5.91 Å².